The van der Waals surface area contributed by atoms with E-state index < -0.39 is 10.0 Å². The highest BCUT2D eigenvalue weighted by Crippen LogP contribution is 2.02. The highest BCUT2D eigenvalue weighted by atomic mass is 32.2. The highest BCUT2D eigenvalue weighted by Gasteiger charge is 2.15. The summed E-state index contributed by atoms with van der Waals surface area (Å²) in [6, 6.07) is 0. The average Bonchev–Trinajstić information content (AvgIpc) is 2.12. The Morgan fingerprint density at radius 2 is 1.12 bits per heavy atom. The molecule has 0 saturated heterocycles. The molecular formula is C11H27N3O2S. The second kappa shape index (κ2) is 8.02. The lowest BCUT2D eigenvalue weighted by Gasteiger charge is -2.21. The first-order chi connectivity index (χ1) is 7.73. The van der Waals surface area contributed by atoms with Crippen molar-refractivity contribution >= 4 is 10.0 Å². The van der Waals surface area contributed by atoms with Gasteiger partial charge in [0.25, 0.3) is 0 Å². The fourth-order valence-corrected chi connectivity index (χ4v) is 2.49. The van der Waals surface area contributed by atoms with Gasteiger partial charge >= 0.3 is 0 Å². The van der Waals surface area contributed by atoms with Gasteiger partial charge in [0.15, 0.2) is 0 Å². The predicted molar refractivity (Wildman–Crippen MR) is 72.8 cm³/mol. The van der Waals surface area contributed by atoms with Crippen LogP contribution < -0.4 is 0 Å². The van der Waals surface area contributed by atoms with E-state index in [2.05, 4.69) is 9.80 Å². The molecule has 17 heavy (non-hydrogen) atoms. The molecule has 0 aliphatic heterocycles. The monoisotopic (exact) mass is 265 g/mol. The van der Waals surface area contributed by atoms with Crippen LogP contribution in [0.5, 0.6) is 0 Å². The van der Waals surface area contributed by atoms with Gasteiger partial charge in [0.05, 0.1) is 6.26 Å². The van der Waals surface area contributed by atoms with Crippen LogP contribution in [0.2, 0.25) is 0 Å². The summed E-state index contributed by atoms with van der Waals surface area (Å²) in [5, 5.41) is 0. The van der Waals surface area contributed by atoms with Gasteiger partial charge in [0.2, 0.25) is 10.0 Å². The van der Waals surface area contributed by atoms with Crippen LogP contribution in [0, 0.1) is 0 Å². The van der Waals surface area contributed by atoms with Crippen molar-refractivity contribution in [2.24, 2.45) is 0 Å². The molecule has 0 spiro atoms. The first-order valence-corrected chi connectivity index (χ1v) is 7.83. The summed E-state index contributed by atoms with van der Waals surface area (Å²) in [6.45, 7) is 3.06. The summed E-state index contributed by atoms with van der Waals surface area (Å²) < 4.78 is 24.7. The van der Waals surface area contributed by atoms with Gasteiger partial charge in [-0.3, -0.25) is 0 Å². The van der Waals surface area contributed by atoms with Crippen LogP contribution in [0.1, 0.15) is 12.8 Å². The summed E-state index contributed by atoms with van der Waals surface area (Å²) in [7, 11) is 4.92. The Morgan fingerprint density at radius 1 is 0.765 bits per heavy atom. The molecule has 0 aliphatic rings. The molecule has 0 heterocycles. The second-order valence-corrected chi connectivity index (χ2v) is 6.96. The SMILES string of the molecule is CN(C)CCCN(CCCN(C)C)S(C)(=O)=O. The van der Waals surface area contributed by atoms with Crippen molar-refractivity contribution in [1.29, 1.82) is 0 Å². The van der Waals surface area contributed by atoms with E-state index in [1.807, 2.05) is 28.2 Å². The lowest BCUT2D eigenvalue weighted by Crippen LogP contribution is -2.34. The predicted octanol–water partition coefficient (Wildman–Crippen LogP) is 0.151. The van der Waals surface area contributed by atoms with Crippen molar-refractivity contribution in [3.8, 4) is 0 Å². The molecule has 0 N–H and O–H groups in total. The summed E-state index contributed by atoms with van der Waals surface area (Å²) in [6.07, 6.45) is 3.04. The second-order valence-electron chi connectivity index (χ2n) is 4.98. The van der Waals surface area contributed by atoms with E-state index in [9.17, 15) is 8.42 Å². The molecule has 5 nitrogen and oxygen atoms in total. The van der Waals surface area contributed by atoms with Crippen LogP contribution in [0.25, 0.3) is 0 Å². The van der Waals surface area contributed by atoms with Crippen LogP contribution in [0.3, 0.4) is 0 Å². The third-order valence-corrected chi connectivity index (χ3v) is 3.80. The Labute approximate surface area is 106 Å². The third-order valence-electron chi connectivity index (χ3n) is 2.49. The summed E-state index contributed by atoms with van der Waals surface area (Å²) >= 11 is 0. The standard InChI is InChI=1S/C11H27N3O2S/c1-12(2)8-6-10-14(17(5,15)16)11-7-9-13(3)4/h6-11H2,1-5H3. The van der Waals surface area contributed by atoms with Gasteiger partial charge in [-0.15, -0.1) is 0 Å². The number of rotatable bonds is 9. The minimum atomic E-state index is -3.06. The Hall–Kier alpha value is -0.170. The Balaban J connectivity index is 4.08. The van der Waals surface area contributed by atoms with E-state index in [1.165, 1.54) is 6.26 Å². The molecule has 0 saturated carbocycles. The average molecular weight is 265 g/mol. The van der Waals surface area contributed by atoms with Crippen LogP contribution in [-0.2, 0) is 10.0 Å². The third kappa shape index (κ3) is 9.52. The van der Waals surface area contributed by atoms with Crippen LogP contribution >= 0.6 is 0 Å². The Morgan fingerprint density at radius 3 is 1.35 bits per heavy atom. The molecule has 0 radical (unpaired) electrons. The zero-order chi connectivity index (χ0) is 13.5. The van der Waals surface area contributed by atoms with E-state index in [4.69, 9.17) is 0 Å². The van der Waals surface area contributed by atoms with Crippen molar-refractivity contribution in [2.45, 2.75) is 12.8 Å². The van der Waals surface area contributed by atoms with Gasteiger partial charge < -0.3 is 9.80 Å². The first-order valence-electron chi connectivity index (χ1n) is 5.98. The fraction of sp³-hybridized carbons (Fsp3) is 1.00. The summed E-state index contributed by atoms with van der Waals surface area (Å²) in [5.41, 5.74) is 0. The van der Waals surface area contributed by atoms with Crippen LogP contribution in [0.15, 0.2) is 0 Å². The molecule has 0 unspecified atom stereocenters. The Bertz CT molecular complexity index is 275. The van der Waals surface area contributed by atoms with Crippen LogP contribution in [0.4, 0.5) is 0 Å². The molecule has 0 fully saturated rings. The molecule has 0 amide bonds. The van der Waals surface area contributed by atoms with E-state index in [-0.39, 0.29) is 0 Å². The number of nitrogens with zero attached hydrogens (tertiary/aromatic N) is 3. The zero-order valence-corrected chi connectivity index (χ0v) is 12.6. The van der Waals surface area contributed by atoms with E-state index in [1.54, 1.807) is 4.31 Å². The quantitative estimate of drug-likeness (QED) is 0.595. The fourth-order valence-electron chi connectivity index (χ4n) is 1.57. The minimum Gasteiger partial charge on any atom is -0.309 e. The van der Waals surface area contributed by atoms with Gasteiger partial charge in [0, 0.05) is 13.1 Å². The Kier molecular flexibility index (Phi) is 7.94. The summed E-state index contributed by atoms with van der Waals surface area (Å²) in [5.74, 6) is 0. The van der Waals surface area contributed by atoms with Crippen LogP contribution in [-0.4, -0.2) is 83.1 Å². The molecule has 6 heteroatoms. The van der Waals surface area contributed by atoms with Crippen molar-refractivity contribution < 1.29 is 8.42 Å². The van der Waals surface area contributed by atoms with Crippen molar-refractivity contribution in [3.63, 3.8) is 0 Å². The van der Waals surface area contributed by atoms with Gasteiger partial charge in [-0.1, -0.05) is 0 Å². The molecule has 0 atom stereocenters. The van der Waals surface area contributed by atoms with Gasteiger partial charge in [-0.05, 0) is 54.1 Å². The van der Waals surface area contributed by atoms with E-state index >= 15 is 0 Å². The smallest absolute Gasteiger partial charge is 0.211 e. The maximum atomic E-state index is 11.6. The molecule has 0 aromatic carbocycles. The normalized spacial score (nSPS) is 12.9. The molecular weight excluding hydrogens is 238 g/mol. The molecule has 0 aromatic heterocycles. The van der Waals surface area contributed by atoms with E-state index in [0.717, 1.165) is 25.9 Å². The minimum absolute atomic E-state index is 0.616. The largest absolute Gasteiger partial charge is 0.309 e. The van der Waals surface area contributed by atoms with Gasteiger partial charge in [-0.2, -0.15) is 0 Å². The maximum absolute atomic E-state index is 11.6. The first kappa shape index (κ1) is 16.8. The van der Waals surface area contributed by atoms with Crippen molar-refractivity contribution in [1.82, 2.24) is 14.1 Å². The van der Waals surface area contributed by atoms with Crippen molar-refractivity contribution in [2.75, 3.05) is 60.6 Å². The lowest BCUT2D eigenvalue weighted by atomic mass is 10.3. The number of hydrogen-bond acceptors (Lipinski definition) is 4. The molecule has 104 valence electrons. The summed E-state index contributed by atoms with van der Waals surface area (Å²) in [4.78, 5) is 4.14. The number of hydrogen-bond donors (Lipinski definition) is 0. The van der Waals surface area contributed by atoms with Gasteiger partial charge in [0.1, 0.15) is 0 Å². The molecule has 0 rings (SSSR count). The molecule has 0 bridgehead atoms. The maximum Gasteiger partial charge on any atom is 0.211 e. The molecule has 0 aliphatic carbocycles. The topological polar surface area (TPSA) is 43.9 Å². The lowest BCUT2D eigenvalue weighted by molar-refractivity contribution is 0.328. The zero-order valence-electron chi connectivity index (χ0n) is 11.8. The van der Waals surface area contributed by atoms with Crippen molar-refractivity contribution in [3.05, 3.63) is 0 Å². The highest BCUT2D eigenvalue weighted by molar-refractivity contribution is 7.88. The van der Waals surface area contributed by atoms with E-state index in [0.29, 0.717) is 13.1 Å². The number of sulfonamides is 1. The molecule has 0 aromatic rings. The van der Waals surface area contributed by atoms with Gasteiger partial charge in [-0.25, -0.2) is 12.7 Å².